The van der Waals surface area contributed by atoms with Crippen LogP contribution in [0.3, 0.4) is 0 Å². The molecule has 1 aliphatic rings. The third-order valence-corrected chi connectivity index (χ3v) is 5.33. The fraction of sp³-hybridized carbons (Fsp3) is 1.00. The zero-order valence-electron chi connectivity index (χ0n) is 11.7. The fourth-order valence-corrected chi connectivity index (χ4v) is 3.75. The smallest absolute Gasteiger partial charge is 0.150 e. The Labute approximate surface area is 111 Å². The third kappa shape index (κ3) is 6.16. The maximum atomic E-state index is 11.5. The molecular weight excluding hydrogens is 250 g/mol. The highest BCUT2D eigenvalue weighted by Crippen LogP contribution is 2.23. The Morgan fingerprint density at radius 1 is 1.22 bits per heavy atom. The predicted octanol–water partition coefficient (Wildman–Crippen LogP) is 1.75. The first-order valence-electron chi connectivity index (χ1n) is 6.95. The van der Waals surface area contributed by atoms with Crippen molar-refractivity contribution in [3.05, 3.63) is 0 Å². The molecule has 4 nitrogen and oxygen atoms in total. The molecule has 1 saturated carbocycles. The molecule has 0 saturated heterocycles. The van der Waals surface area contributed by atoms with Crippen LogP contribution in [0, 0.1) is 0 Å². The van der Waals surface area contributed by atoms with E-state index in [2.05, 4.69) is 5.32 Å². The van der Waals surface area contributed by atoms with Crippen molar-refractivity contribution < 1.29 is 13.2 Å². The molecule has 0 spiro atoms. The topological polar surface area (TPSA) is 55.4 Å². The number of hydrogen-bond acceptors (Lipinski definition) is 4. The van der Waals surface area contributed by atoms with Crippen molar-refractivity contribution in [3.8, 4) is 0 Å². The van der Waals surface area contributed by atoms with Gasteiger partial charge in [0.25, 0.3) is 0 Å². The quantitative estimate of drug-likeness (QED) is 0.687. The van der Waals surface area contributed by atoms with Crippen molar-refractivity contribution >= 4 is 9.84 Å². The van der Waals surface area contributed by atoms with E-state index >= 15 is 0 Å². The van der Waals surface area contributed by atoms with Gasteiger partial charge in [-0.3, -0.25) is 0 Å². The molecule has 18 heavy (non-hydrogen) atoms. The summed E-state index contributed by atoms with van der Waals surface area (Å²) in [4.78, 5) is 0. The molecule has 5 heteroatoms. The summed E-state index contributed by atoms with van der Waals surface area (Å²) in [5.41, 5.74) is 0. The average molecular weight is 277 g/mol. The number of rotatable bonds is 8. The lowest BCUT2D eigenvalue weighted by atomic mass is 9.95. The zero-order valence-corrected chi connectivity index (χ0v) is 12.5. The van der Waals surface area contributed by atoms with Gasteiger partial charge in [-0.05, 0) is 45.1 Å². The minimum absolute atomic E-state index is 0.128. The molecule has 2 atom stereocenters. The molecule has 0 bridgehead atoms. The minimum atomic E-state index is -2.86. The number of ether oxygens (including phenoxy) is 1. The van der Waals surface area contributed by atoms with Gasteiger partial charge >= 0.3 is 0 Å². The highest BCUT2D eigenvalue weighted by molar-refractivity contribution is 7.91. The van der Waals surface area contributed by atoms with Crippen molar-refractivity contribution in [2.24, 2.45) is 0 Å². The summed E-state index contributed by atoms with van der Waals surface area (Å²) in [6.07, 6.45) is 8.55. The van der Waals surface area contributed by atoms with Crippen LogP contribution in [0.4, 0.5) is 0 Å². The summed E-state index contributed by atoms with van der Waals surface area (Å²) in [5.74, 6) is 0. The highest BCUT2D eigenvalue weighted by Gasteiger charge is 2.28. The van der Waals surface area contributed by atoms with E-state index < -0.39 is 9.84 Å². The first kappa shape index (κ1) is 15.9. The van der Waals surface area contributed by atoms with Crippen molar-refractivity contribution in [1.82, 2.24) is 5.32 Å². The lowest BCUT2D eigenvalue weighted by Gasteiger charge is -2.28. The van der Waals surface area contributed by atoms with Crippen LogP contribution in [-0.2, 0) is 14.6 Å². The number of sulfone groups is 1. The normalized spacial score (nSPS) is 25.2. The standard InChI is InChI=1S/C13H27NO3S/c1-17-10-5-3-4-9-14-12-7-6-8-13(11-12)18(2,15)16/h12-14H,3-11H2,1-2H3. The second kappa shape index (κ2) is 8.12. The van der Waals surface area contributed by atoms with Crippen LogP contribution in [-0.4, -0.2) is 46.2 Å². The molecule has 0 amide bonds. The van der Waals surface area contributed by atoms with Crippen molar-refractivity contribution in [2.45, 2.75) is 56.2 Å². The van der Waals surface area contributed by atoms with Crippen LogP contribution in [0.25, 0.3) is 0 Å². The van der Waals surface area contributed by atoms with E-state index in [1.165, 1.54) is 12.7 Å². The van der Waals surface area contributed by atoms with Gasteiger partial charge in [0.05, 0.1) is 5.25 Å². The number of unbranched alkanes of at least 4 members (excludes halogenated alkanes) is 2. The molecule has 108 valence electrons. The van der Waals surface area contributed by atoms with Gasteiger partial charge in [-0.15, -0.1) is 0 Å². The highest BCUT2D eigenvalue weighted by atomic mass is 32.2. The Balaban J connectivity index is 2.15. The Bertz CT molecular complexity index is 316. The molecule has 2 unspecified atom stereocenters. The first-order valence-corrected chi connectivity index (χ1v) is 8.90. The van der Waals surface area contributed by atoms with Gasteiger partial charge < -0.3 is 10.1 Å². The molecule has 0 heterocycles. The van der Waals surface area contributed by atoms with Crippen LogP contribution in [0.1, 0.15) is 44.9 Å². The SMILES string of the molecule is COCCCCCNC1CCCC(S(C)(=O)=O)C1. The summed E-state index contributed by atoms with van der Waals surface area (Å²) in [5, 5.41) is 3.37. The van der Waals surface area contributed by atoms with Gasteiger partial charge in [0, 0.05) is 26.0 Å². The van der Waals surface area contributed by atoms with Gasteiger partial charge in [-0.2, -0.15) is 0 Å². The van der Waals surface area contributed by atoms with Crippen LogP contribution >= 0.6 is 0 Å². The number of hydrogen-bond donors (Lipinski definition) is 1. The molecule has 0 aliphatic heterocycles. The van der Waals surface area contributed by atoms with Crippen LogP contribution in [0.15, 0.2) is 0 Å². The fourth-order valence-electron chi connectivity index (χ4n) is 2.57. The van der Waals surface area contributed by atoms with Gasteiger partial charge in [0.2, 0.25) is 0 Å². The molecule has 0 aromatic carbocycles. The van der Waals surface area contributed by atoms with E-state index in [1.54, 1.807) is 7.11 Å². The first-order chi connectivity index (χ1) is 8.54. The minimum Gasteiger partial charge on any atom is -0.385 e. The largest absolute Gasteiger partial charge is 0.385 e. The van der Waals surface area contributed by atoms with Crippen molar-refractivity contribution in [3.63, 3.8) is 0 Å². The maximum Gasteiger partial charge on any atom is 0.150 e. The maximum absolute atomic E-state index is 11.5. The second-order valence-corrected chi connectivity index (χ2v) is 7.65. The lowest BCUT2D eigenvalue weighted by molar-refractivity contribution is 0.192. The predicted molar refractivity (Wildman–Crippen MR) is 74.6 cm³/mol. The molecule has 0 aromatic rings. The van der Waals surface area contributed by atoms with E-state index in [1.807, 2.05) is 0 Å². The van der Waals surface area contributed by atoms with Crippen LogP contribution in [0.2, 0.25) is 0 Å². The number of methoxy groups -OCH3 is 1. The van der Waals surface area contributed by atoms with Gasteiger partial charge in [0.1, 0.15) is 9.84 Å². The Kier molecular flexibility index (Phi) is 7.19. The molecule has 1 rings (SSSR count). The molecule has 1 aliphatic carbocycles. The van der Waals surface area contributed by atoms with E-state index in [-0.39, 0.29) is 5.25 Å². The van der Waals surface area contributed by atoms with Crippen molar-refractivity contribution in [1.29, 1.82) is 0 Å². The summed E-state index contributed by atoms with van der Waals surface area (Å²) in [7, 11) is -1.13. The zero-order chi connectivity index (χ0) is 13.4. The van der Waals surface area contributed by atoms with Crippen LogP contribution < -0.4 is 5.32 Å². The molecule has 1 fully saturated rings. The Hall–Kier alpha value is -0.130. The molecule has 0 aromatic heterocycles. The third-order valence-electron chi connectivity index (χ3n) is 3.69. The van der Waals surface area contributed by atoms with Crippen molar-refractivity contribution in [2.75, 3.05) is 26.5 Å². The molecule has 1 N–H and O–H groups in total. The van der Waals surface area contributed by atoms with E-state index in [4.69, 9.17) is 4.74 Å². The molecule has 0 radical (unpaired) electrons. The summed E-state index contributed by atoms with van der Waals surface area (Å²) < 4.78 is 28.1. The Morgan fingerprint density at radius 2 is 2.00 bits per heavy atom. The van der Waals surface area contributed by atoms with E-state index in [0.717, 1.165) is 51.7 Å². The summed E-state index contributed by atoms with van der Waals surface area (Å²) in [6.45, 7) is 1.82. The van der Waals surface area contributed by atoms with Gasteiger partial charge in [-0.1, -0.05) is 6.42 Å². The molecular formula is C13H27NO3S. The number of nitrogens with one attached hydrogen (secondary N) is 1. The summed E-state index contributed by atoms with van der Waals surface area (Å²) in [6, 6.07) is 0.390. The van der Waals surface area contributed by atoms with Crippen LogP contribution in [0.5, 0.6) is 0 Å². The van der Waals surface area contributed by atoms with E-state index in [9.17, 15) is 8.42 Å². The summed E-state index contributed by atoms with van der Waals surface area (Å²) >= 11 is 0. The average Bonchev–Trinajstić information content (AvgIpc) is 2.33. The second-order valence-electron chi connectivity index (χ2n) is 5.32. The monoisotopic (exact) mass is 277 g/mol. The lowest BCUT2D eigenvalue weighted by Crippen LogP contribution is -2.39. The van der Waals surface area contributed by atoms with E-state index in [0.29, 0.717) is 6.04 Å². The van der Waals surface area contributed by atoms with Gasteiger partial charge in [-0.25, -0.2) is 8.42 Å². The van der Waals surface area contributed by atoms with Gasteiger partial charge in [0.15, 0.2) is 0 Å². The Morgan fingerprint density at radius 3 is 2.67 bits per heavy atom.